The van der Waals surface area contributed by atoms with Gasteiger partial charge in [0, 0.05) is 31.6 Å². The van der Waals surface area contributed by atoms with E-state index in [0.29, 0.717) is 25.2 Å². The van der Waals surface area contributed by atoms with Crippen LogP contribution in [-0.2, 0) is 17.5 Å². The fraction of sp³-hybridized carbons (Fsp3) is 0.650. The fourth-order valence-corrected chi connectivity index (χ4v) is 4.09. The van der Waals surface area contributed by atoms with Gasteiger partial charge in [0.2, 0.25) is 5.91 Å². The van der Waals surface area contributed by atoms with Crippen molar-refractivity contribution < 1.29 is 18.0 Å². The number of carbonyl (C=O) groups excluding carboxylic acids is 1. The molecule has 0 unspecified atom stereocenters. The van der Waals surface area contributed by atoms with E-state index in [1.165, 1.54) is 12.5 Å². The van der Waals surface area contributed by atoms with Crippen molar-refractivity contribution in [3.8, 4) is 0 Å². The van der Waals surface area contributed by atoms with Crippen LogP contribution in [0.3, 0.4) is 0 Å². The number of hydrogen-bond acceptors (Lipinski definition) is 2. The number of carbonyl (C=O) groups is 1. The summed E-state index contributed by atoms with van der Waals surface area (Å²) in [6.45, 7) is 1.72. The van der Waals surface area contributed by atoms with Crippen molar-refractivity contribution in [2.24, 2.45) is 5.92 Å². The first-order valence-corrected chi connectivity index (χ1v) is 9.61. The standard InChI is InChI=1S/C20H27F3N2O/c21-20(22,23)18-9-5-4-8-16(18)14-25-12-10-17(11-13-25)24-19(26)15-6-2-1-3-7-15/h4-5,8-9,15,17H,1-3,6-7,10-14H2,(H,24,26). The van der Waals surface area contributed by atoms with Gasteiger partial charge in [-0.1, -0.05) is 37.5 Å². The summed E-state index contributed by atoms with van der Waals surface area (Å²) in [4.78, 5) is 14.4. The zero-order chi connectivity index (χ0) is 18.6. The molecule has 1 aromatic rings. The predicted octanol–water partition coefficient (Wildman–Crippen LogP) is 4.37. The molecule has 1 aliphatic carbocycles. The van der Waals surface area contributed by atoms with Crippen LogP contribution in [0.4, 0.5) is 13.2 Å². The number of rotatable bonds is 4. The fourth-order valence-electron chi connectivity index (χ4n) is 4.09. The van der Waals surface area contributed by atoms with Crippen LogP contribution < -0.4 is 5.32 Å². The number of amides is 1. The van der Waals surface area contributed by atoms with Crippen LogP contribution in [0.5, 0.6) is 0 Å². The lowest BCUT2D eigenvalue weighted by molar-refractivity contribution is -0.138. The SMILES string of the molecule is O=C(NC1CCN(Cc2ccccc2C(F)(F)F)CC1)C1CCCCC1. The highest BCUT2D eigenvalue weighted by atomic mass is 19.4. The van der Waals surface area contributed by atoms with E-state index >= 15 is 0 Å². The zero-order valence-electron chi connectivity index (χ0n) is 15.0. The first-order valence-electron chi connectivity index (χ1n) is 9.61. The van der Waals surface area contributed by atoms with Crippen molar-refractivity contribution in [1.82, 2.24) is 10.2 Å². The Balaban J connectivity index is 1.49. The molecule has 0 spiro atoms. The number of likely N-dealkylation sites (tertiary alicyclic amines) is 1. The van der Waals surface area contributed by atoms with E-state index < -0.39 is 11.7 Å². The van der Waals surface area contributed by atoms with Gasteiger partial charge in [-0.3, -0.25) is 9.69 Å². The Kier molecular flexibility index (Phi) is 6.22. The first-order chi connectivity index (χ1) is 12.4. The lowest BCUT2D eigenvalue weighted by Crippen LogP contribution is -2.46. The van der Waals surface area contributed by atoms with Crippen molar-refractivity contribution in [3.63, 3.8) is 0 Å². The average Bonchev–Trinajstić information content (AvgIpc) is 2.63. The largest absolute Gasteiger partial charge is 0.416 e. The number of halogens is 3. The van der Waals surface area contributed by atoms with Crippen molar-refractivity contribution >= 4 is 5.91 Å². The van der Waals surface area contributed by atoms with Gasteiger partial charge in [0.15, 0.2) is 0 Å². The van der Waals surface area contributed by atoms with E-state index in [-0.39, 0.29) is 17.9 Å². The van der Waals surface area contributed by atoms with Gasteiger partial charge < -0.3 is 5.32 Å². The number of piperidine rings is 1. The normalized spacial score (nSPS) is 20.9. The molecule has 3 nitrogen and oxygen atoms in total. The average molecular weight is 368 g/mol. The molecule has 6 heteroatoms. The summed E-state index contributed by atoms with van der Waals surface area (Å²) in [6, 6.07) is 5.94. The van der Waals surface area contributed by atoms with E-state index in [1.54, 1.807) is 12.1 Å². The summed E-state index contributed by atoms with van der Waals surface area (Å²) >= 11 is 0. The molecule has 1 aromatic carbocycles. The third kappa shape index (κ3) is 5.00. The number of benzene rings is 1. The van der Waals surface area contributed by atoms with E-state index in [2.05, 4.69) is 5.32 Å². The third-order valence-electron chi connectivity index (χ3n) is 5.63. The molecule has 1 aliphatic heterocycles. The second kappa shape index (κ2) is 8.42. The van der Waals surface area contributed by atoms with E-state index in [4.69, 9.17) is 0 Å². The number of hydrogen-bond donors (Lipinski definition) is 1. The number of alkyl halides is 3. The van der Waals surface area contributed by atoms with Gasteiger partial charge in [-0.05, 0) is 37.3 Å². The summed E-state index contributed by atoms with van der Waals surface area (Å²) in [5, 5.41) is 3.16. The topological polar surface area (TPSA) is 32.3 Å². The van der Waals surface area contributed by atoms with Crippen molar-refractivity contribution in [3.05, 3.63) is 35.4 Å². The minimum Gasteiger partial charge on any atom is -0.353 e. The molecule has 26 heavy (non-hydrogen) atoms. The molecule has 0 aromatic heterocycles. The van der Waals surface area contributed by atoms with E-state index in [9.17, 15) is 18.0 Å². The van der Waals surface area contributed by atoms with Crippen LogP contribution >= 0.6 is 0 Å². The van der Waals surface area contributed by atoms with Crippen molar-refractivity contribution in [1.29, 1.82) is 0 Å². The van der Waals surface area contributed by atoms with Crippen LogP contribution in [0.25, 0.3) is 0 Å². The molecule has 1 amide bonds. The van der Waals surface area contributed by atoms with Gasteiger partial charge >= 0.3 is 6.18 Å². The Bertz CT molecular complexity index is 603. The molecule has 1 heterocycles. The van der Waals surface area contributed by atoms with Crippen LogP contribution in [0.15, 0.2) is 24.3 Å². The molecule has 1 saturated heterocycles. The maximum Gasteiger partial charge on any atom is 0.416 e. The highest BCUT2D eigenvalue weighted by molar-refractivity contribution is 5.79. The maximum absolute atomic E-state index is 13.1. The molecule has 0 radical (unpaired) electrons. The minimum atomic E-state index is -4.32. The van der Waals surface area contributed by atoms with Crippen LogP contribution in [-0.4, -0.2) is 29.9 Å². The summed E-state index contributed by atoms with van der Waals surface area (Å²) in [5.41, 5.74) is -0.225. The van der Waals surface area contributed by atoms with Crippen LogP contribution in [0.1, 0.15) is 56.1 Å². The minimum absolute atomic E-state index is 0.151. The van der Waals surface area contributed by atoms with Crippen LogP contribution in [0.2, 0.25) is 0 Å². The second-order valence-corrected chi connectivity index (χ2v) is 7.55. The summed E-state index contributed by atoms with van der Waals surface area (Å²) in [7, 11) is 0. The first kappa shape index (κ1) is 19.2. The number of nitrogens with zero attached hydrogens (tertiary/aromatic N) is 1. The van der Waals surface area contributed by atoms with Gasteiger partial charge in [-0.2, -0.15) is 13.2 Å². The van der Waals surface area contributed by atoms with Crippen molar-refractivity contribution in [2.75, 3.05) is 13.1 Å². The molecule has 2 aliphatic rings. The molecule has 0 bridgehead atoms. The Morgan fingerprint density at radius 1 is 1.04 bits per heavy atom. The van der Waals surface area contributed by atoms with Gasteiger partial charge in [0.25, 0.3) is 0 Å². The quantitative estimate of drug-likeness (QED) is 0.856. The summed E-state index contributed by atoms with van der Waals surface area (Å²) in [6.07, 6.45) is 2.74. The Morgan fingerprint density at radius 2 is 1.69 bits per heavy atom. The van der Waals surface area contributed by atoms with Gasteiger partial charge in [-0.25, -0.2) is 0 Å². The summed E-state index contributed by atoms with van der Waals surface area (Å²) in [5.74, 6) is 0.325. The molecule has 3 rings (SSSR count). The Labute approximate surface area is 152 Å². The van der Waals surface area contributed by atoms with Gasteiger partial charge in [-0.15, -0.1) is 0 Å². The second-order valence-electron chi connectivity index (χ2n) is 7.55. The summed E-state index contributed by atoms with van der Waals surface area (Å²) < 4.78 is 39.4. The lowest BCUT2D eigenvalue weighted by Gasteiger charge is -2.34. The number of nitrogens with one attached hydrogen (secondary N) is 1. The molecule has 2 fully saturated rings. The molecule has 144 valence electrons. The van der Waals surface area contributed by atoms with E-state index in [1.807, 2.05) is 4.90 Å². The van der Waals surface area contributed by atoms with E-state index in [0.717, 1.165) is 44.6 Å². The van der Waals surface area contributed by atoms with Gasteiger partial charge in [0.05, 0.1) is 5.56 Å². The smallest absolute Gasteiger partial charge is 0.353 e. The highest BCUT2D eigenvalue weighted by Gasteiger charge is 2.33. The monoisotopic (exact) mass is 368 g/mol. The third-order valence-corrected chi connectivity index (χ3v) is 5.63. The van der Waals surface area contributed by atoms with Gasteiger partial charge in [0.1, 0.15) is 0 Å². The highest BCUT2D eigenvalue weighted by Crippen LogP contribution is 2.32. The lowest BCUT2D eigenvalue weighted by atomic mass is 9.88. The maximum atomic E-state index is 13.1. The van der Waals surface area contributed by atoms with Crippen LogP contribution in [0, 0.1) is 5.92 Å². The molecule has 0 atom stereocenters. The Morgan fingerprint density at radius 3 is 2.35 bits per heavy atom. The molecular formula is C20H27F3N2O. The predicted molar refractivity (Wildman–Crippen MR) is 94.5 cm³/mol. The zero-order valence-corrected chi connectivity index (χ0v) is 15.0. The molecular weight excluding hydrogens is 341 g/mol. The molecule has 1 saturated carbocycles. The Hall–Kier alpha value is -1.56. The van der Waals surface area contributed by atoms with Crippen molar-refractivity contribution in [2.45, 2.75) is 63.7 Å². The molecule has 1 N–H and O–H groups in total.